The van der Waals surface area contributed by atoms with Crippen molar-refractivity contribution in [2.45, 2.75) is 44.4 Å². The highest BCUT2D eigenvalue weighted by molar-refractivity contribution is 9.10. The van der Waals surface area contributed by atoms with Crippen LogP contribution in [0.5, 0.6) is 0 Å². The molecule has 1 saturated carbocycles. The van der Waals surface area contributed by atoms with Gasteiger partial charge in [-0.05, 0) is 43.9 Å². The lowest BCUT2D eigenvalue weighted by Crippen LogP contribution is -2.37. The quantitative estimate of drug-likeness (QED) is 0.894. The third-order valence-corrected chi connectivity index (χ3v) is 3.84. The van der Waals surface area contributed by atoms with Gasteiger partial charge in [0.15, 0.2) is 0 Å². The van der Waals surface area contributed by atoms with E-state index in [9.17, 15) is 5.11 Å². The molecule has 2 nitrogen and oxygen atoms in total. The number of rotatable bonds is 3. The normalized spacial score (nSPS) is 26.9. The van der Waals surface area contributed by atoms with Gasteiger partial charge in [0, 0.05) is 16.6 Å². The van der Waals surface area contributed by atoms with Gasteiger partial charge in [-0.15, -0.1) is 0 Å². The van der Waals surface area contributed by atoms with Crippen LogP contribution in [0.2, 0.25) is 0 Å². The predicted octanol–water partition coefficient (Wildman–Crippen LogP) is 3.01. The average molecular weight is 284 g/mol. The number of halogens is 1. The summed E-state index contributed by atoms with van der Waals surface area (Å²) in [6.45, 7) is 2.15. The van der Waals surface area contributed by atoms with Crippen molar-refractivity contribution in [3.05, 3.63) is 34.3 Å². The summed E-state index contributed by atoms with van der Waals surface area (Å²) < 4.78 is 1.10. The van der Waals surface area contributed by atoms with E-state index in [2.05, 4.69) is 52.4 Å². The molecule has 0 spiro atoms. The van der Waals surface area contributed by atoms with Crippen molar-refractivity contribution in [1.82, 2.24) is 5.32 Å². The molecular weight excluding hydrogens is 266 g/mol. The van der Waals surface area contributed by atoms with Crippen LogP contribution in [0.25, 0.3) is 0 Å². The first-order chi connectivity index (χ1) is 7.66. The first kappa shape index (κ1) is 12.1. The number of aliphatic hydroxyl groups is 1. The van der Waals surface area contributed by atoms with Gasteiger partial charge in [0.25, 0.3) is 0 Å². The summed E-state index contributed by atoms with van der Waals surface area (Å²) in [4.78, 5) is 0. The number of hydrogen-bond donors (Lipinski definition) is 2. The van der Waals surface area contributed by atoms with Crippen LogP contribution in [0.1, 0.15) is 37.8 Å². The molecule has 2 rings (SSSR count). The zero-order chi connectivity index (χ0) is 11.5. The second kappa shape index (κ2) is 5.30. The van der Waals surface area contributed by atoms with E-state index in [0.717, 1.165) is 23.7 Å². The molecule has 16 heavy (non-hydrogen) atoms. The maximum Gasteiger partial charge on any atom is 0.0693 e. The average Bonchev–Trinajstić information content (AvgIpc) is 2.65. The predicted molar refractivity (Wildman–Crippen MR) is 69.3 cm³/mol. The second-order valence-electron chi connectivity index (χ2n) is 4.54. The highest BCUT2D eigenvalue weighted by atomic mass is 79.9. The molecule has 1 aromatic carbocycles. The maximum absolute atomic E-state index is 9.76. The minimum absolute atomic E-state index is 0.169. The Kier molecular flexibility index (Phi) is 4.00. The molecule has 1 aliphatic rings. The molecular formula is C13H18BrNO. The zero-order valence-corrected chi connectivity index (χ0v) is 11.1. The Hall–Kier alpha value is -0.380. The van der Waals surface area contributed by atoms with Gasteiger partial charge >= 0.3 is 0 Å². The fourth-order valence-electron chi connectivity index (χ4n) is 2.30. The van der Waals surface area contributed by atoms with Gasteiger partial charge in [0.1, 0.15) is 0 Å². The molecule has 3 atom stereocenters. The summed E-state index contributed by atoms with van der Waals surface area (Å²) in [5.74, 6) is 0. The Morgan fingerprint density at radius 1 is 1.31 bits per heavy atom. The Morgan fingerprint density at radius 3 is 2.56 bits per heavy atom. The fourth-order valence-corrected chi connectivity index (χ4v) is 2.57. The van der Waals surface area contributed by atoms with Crippen LogP contribution in [-0.2, 0) is 0 Å². The molecule has 3 heteroatoms. The smallest absolute Gasteiger partial charge is 0.0693 e. The minimum atomic E-state index is -0.169. The van der Waals surface area contributed by atoms with E-state index in [0.29, 0.717) is 6.04 Å². The van der Waals surface area contributed by atoms with E-state index in [1.54, 1.807) is 0 Å². The van der Waals surface area contributed by atoms with E-state index in [-0.39, 0.29) is 12.1 Å². The molecule has 0 heterocycles. The number of hydrogen-bond acceptors (Lipinski definition) is 2. The largest absolute Gasteiger partial charge is 0.392 e. The molecule has 1 fully saturated rings. The molecule has 0 aromatic heterocycles. The molecule has 1 aliphatic carbocycles. The van der Waals surface area contributed by atoms with Crippen LogP contribution in [0.4, 0.5) is 0 Å². The van der Waals surface area contributed by atoms with E-state index in [4.69, 9.17) is 0 Å². The third-order valence-electron chi connectivity index (χ3n) is 3.31. The van der Waals surface area contributed by atoms with Gasteiger partial charge in [-0.2, -0.15) is 0 Å². The summed E-state index contributed by atoms with van der Waals surface area (Å²) in [7, 11) is 0. The lowest BCUT2D eigenvalue weighted by molar-refractivity contribution is 0.144. The SMILES string of the molecule is C[C@@H](N[C@@H]1CCC[C@H]1O)c1ccc(Br)cc1. The second-order valence-corrected chi connectivity index (χ2v) is 5.46. The van der Waals surface area contributed by atoms with Crippen molar-refractivity contribution in [2.24, 2.45) is 0 Å². The van der Waals surface area contributed by atoms with Crippen LogP contribution in [0, 0.1) is 0 Å². The summed E-state index contributed by atoms with van der Waals surface area (Å²) in [5, 5.41) is 13.3. The molecule has 0 unspecified atom stereocenters. The molecule has 0 radical (unpaired) electrons. The van der Waals surface area contributed by atoms with E-state index in [1.807, 2.05) is 0 Å². The van der Waals surface area contributed by atoms with Crippen molar-refractivity contribution in [3.63, 3.8) is 0 Å². The van der Waals surface area contributed by atoms with Gasteiger partial charge in [0.05, 0.1) is 6.10 Å². The van der Waals surface area contributed by atoms with Gasteiger partial charge < -0.3 is 10.4 Å². The number of benzene rings is 1. The molecule has 0 saturated heterocycles. The van der Waals surface area contributed by atoms with Crippen LogP contribution in [-0.4, -0.2) is 17.3 Å². The van der Waals surface area contributed by atoms with Gasteiger partial charge in [0.2, 0.25) is 0 Å². The zero-order valence-electron chi connectivity index (χ0n) is 9.49. The van der Waals surface area contributed by atoms with Gasteiger partial charge in [-0.1, -0.05) is 28.1 Å². The molecule has 0 aliphatic heterocycles. The first-order valence-electron chi connectivity index (χ1n) is 5.86. The van der Waals surface area contributed by atoms with Crippen molar-refractivity contribution < 1.29 is 5.11 Å². The Labute approximate surface area is 105 Å². The standard InChI is InChI=1S/C13H18BrNO/c1-9(10-5-7-11(14)8-6-10)15-12-3-2-4-13(12)16/h5-9,12-13,15-16H,2-4H2,1H3/t9-,12-,13-/m1/s1. The summed E-state index contributed by atoms with van der Waals surface area (Å²) in [6.07, 6.45) is 2.98. The number of nitrogens with one attached hydrogen (secondary N) is 1. The van der Waals surface area contributed by atoms with Crippen LogP contribution in [0.15, 0.2) is 28.7 Å². The van der Waals surface area contributed by atoms with Crippen molar-refractivity contribution in [3.8, 4) is 0 Å². The van der Waals surface area contributed by atoms with Crippen LogP contribution >= 0.6 is 15.9 Å². The number of aliphatic hydroxyl groups excluding tert-OH is 1. The van der Waals surface area contributed by atoms with Gasteiger partial charge in [-0.3, -0.25) is 0 Å². The molecule has 2 N–H and O–H groups in total. The monoisotopic (exact) mass is 283 g/mol. The van der Waals surface area contributed by atoms with Gasteiger partial charge in [-0.25, -0.2) is 0 Å². The van der Waals surface area contributed by atoms with Crippen LogP contribution < -0.4 is 5.32 Å². The Morgan fingerprint density at radius 2 is 2.00 bits per heavy atom. The summed E-state index contributed by atoms with van der Waals surface area (Å²) in [5.41, 5.74) is 1.27. The first-order valence-corrected chi connectivity index (χ1v) is 6.65. The lowest BCUT2D eigenvalue weighted by atomic mass is 10.1. The third kappa shape index (κ3) is 2.84. The van der Waals surface area contributed by atoms with Crippen molar-refractivity contribution >= 4 is 15.9 Å². The maximum atomic E-state index is 9.76. The van der Waals surface area contributed by atoms with E-state index >= 15 is 0 Å². The van der Waals surface area contributed by atoms with Crippen LogP contribution in [0.3, 0.4) is 0 Å². The minimum Gasteiger partial charge on any atom is -0.392 e. The Bertz CT molecular complexity index is 338. The molecule has 88 valence electrons. The van der Waals surface area contributed by atoms with Crippen molar-refractivity contribution in [2.75, 3.05) is 0 Å². The molecule has 0 amide bonds. The molecule has 1 aromatic rings. The molecule has 0 bridgehead atoms. The lowest BCUT2D eigenvalue weighted by Gasteiger charge is -2.22. The highest BCUT2D eigenvalue weighted by Crippen LogP contribution is 2.23. The Balaban J connectivity index is 1.97. The van der Waals surface area contributed by atoms with E-state index < -0.39 is 0 Å². The topological polar surface area (TPSA) is 32.3 Å². The summed E-state index contributed by atoms with van der Waals surface area (Å²) in [6, 6.07) is 8.90. The van der Waals surface area contributed by atoms with E-state index in [1.165, 1.54) is 5.56 Å². The van der Waals surface area contributed by atoms with Crippen molar-refractivity contribution in [1.29, 1.82) is 0 Å². The highest BCUT2D eigenvalue weighted by Gasteiger charge is 2.26. The summed E-state index contributed by atoms with van der Waals surface area (Å²) >= 11 is 3.43. The fraction of sp³-hybridized carbons (Fsp3) is 0.538.